The van der Waals surface area contributed by atoms with Crippen molar-refractivity contribution < 1.29 is 14.3 Å². The van der Waals surface area contributed by atoms with E-state index in [1.165, 1.54) is 16.4 Å². The van der Waals surface area contributed by atoms with E-state index in [0.29, 0.717) is 34.9 Å². The first-order chi connectivity index (χ1) is 11.6. The zero-order chi connectivity index (χ0) is 17.4. The van der Waals surface area contributed by atoms with Crippen molar-refractivity contribution in [2.24, 2.45) is 0 Å². The lowest BCUT2D eigenvalue weighted by molar-refractivity contribution is -0.118. The van der Waals surface area contributed by atoms with Gasteiger partial charge >= 0.3 is 0 Å². The van der Waals surface area contributed by atoms with Crippen molar-refractivity contribution in [1.29, 1.82) is 0 Å². The van der Waals surface area contributed by atoms with Crippen LogP contribution in [0.4, 0.5) is 0 Å². The van der Waals surface area contributed by atoms with Gasteiger partial charge in [0.05, 0.1) is 12.4 Å². The maximum absolute atomic E-state index is 11.6. The van der Waals surface area contributed by atoms with E-state index in [4.69, 9.17) is 26.9 Å². The Bertz CT molecular complexity index is 665. The third kappa shape index (κ3) is 5.59. The molecule has 10 heteroatoms. The normalized spacial score (nSPS) is 10.6. The maximum atomic E-state index is 11.6. The average Bonchev–Trinajstić information content (AvgIpc) is 2.93. The number of ether oxygens (including phenoxy) is 2. The van der Waals surface area contributed by atoms with Crippen molar-refractivity contribution in [3.63, 3.8) is 0 Å². The summed E-state index contributed by atoms with van der Waals surface area (Å²) < 4.78 is 11.7. The summed E-state index contributed by atoms with van der Waals surface area (Å²) in [5, 5.41) is 11.7. The molecule has 130 valence electrons. The first kappa shape index (κ1) is 18.4. The maximum Gasteiger partial charge on any atom is 0.230 e. The van der Waals surface area contributed by atoms with Crippen LogP contribution in [0.15, 0.2) is 29.4 Å². The highest BCUT2D eigenvalue weighted by Gasteiger charge is 2.12. The SMILES string of the molecule is COCCNC(=O)CSc1nnc(COc2ccc(Cl)cc2)n1N. The van der Waals surface area contributed by atoms with E-state index in [1.54, 1.807) is 31.4 Å². The zero-order valence-electron chi connectivity index (χ0n) is 13.1. The van der Waals surface area contributed by atoms with Crippen LogP contribution in [0, 0.1) is 0 Å². The van der Waals surface area contributed by atoms with Crippen molar-refractivity contribution in [1.82, 2.24) is 20.2 Å². The number of hydrogen-bond donors (Lipinski definition) is 2. The van der Waals surface area contributed by atoms with Gasteiger partial charge in [0.15, 0.2) is 5.82 Å². The van der Waals surface area contributed by atoms with Crippen LogP contribution in [-0.4, -0.2) is 46.8 Å². The number of nitrogens with zero attached hydrogens (tertiary/aromatic N) is 3. The fourth-order valence-corrected chi connectivity index (χ4v) is 2.49. The third-order valence-electron chi connectivity index (χ3n) is 2.88. The monoisotopic (exact) mass is 371 g/mol. The summed E-state index contributed by atoms with van der Waals surface area (Å²) in [5.41, 5.74) is 0. The smallest absolute Gasteiger partial charge is 0.230 e. The summed E-state index contributed by atoms with van der Waals surface area (Å²) in [5.74, 6) is 7.08. The Morgan fingerprint density at radius 3 is 2.83 bits per heavy atom. The number of thioether (sulfide) groups is 1. The van der Waals surface area contributed by atoms with Crippen LogP contribution in [0.3, 0.4) is 0 Å². The Labute approximate surface area is 148 Å². The van der Waals surface area contributed by atoms with Gasteiger partial charge in [-0.15, -0.1) is 10.2 Å². The Kier molecular flexibility index (Phi) is 7.16. The van der Waals surface area contributed by atoms with E-state index in [1.807, 2.05) is 0 Å². The van der Waals surface area contributed by atoms with Gasteiger partial charge < -0.3 is 20.6 Å². The summed E-state index contributed by atoms with van der Waals surface area (Å²) >= 11 is 7.01. The van der Waals surface area contributed by atoms with E-state index in [9.17, 15) is 4.79 Å². The number of benzene rings is 1. The Hall–Kier alpha value is -1.97. The molecule has 1 amide bonds. The molecule has 3 N–H and O–H groups in total. The average molecular weight is 372 g/mol. The number of nitrogen functional groups attached to an aromatic ring is 1. The Balaban J connectivity index is 1.82. The number of aromatic nitrogens is 3. The van der Waals surface area contributed by atoms with Crippen LogP contribution < -0.4 is 15.9 Å². The van der Waals surface area contributed by atoms with Gasteiger partial charge in [0.2, 0.25) is 11.1 Å². The van der Waals surface area contributed by atoms with E-state index in [0.717, 1.165) is 0 Å². The molecule has 0 aliphatic rings. The van der Waals surface area contributed by atoms with Crippen LogP contribution in [0.25, 0.3) is 0 Å². The summed E-state index contributed by atoms with van der Waals surface area (Å²) in [6.07, 6.45) is 0. The quantitative estimate of drug-likeness (QED) is 0.386. The number of carbonyl (C=O) groups is 1. The first-order valence-corrected chi connectivity index (χ1v) is 8.42. The summed E-state index contributed by atoms with van der Waals surface area (Å²) in [6, 6.07) is 6.96. The highest BCUT2D eigenvalue weighted by atomic mass is 35.5. The highest BCUT2D eigenvalue weighted by Crippen LogP contribution is 2.18. The molecule has 0 bridgehead atoms. The van der Waals surface area contributed by atoms with Crippen molar-refractivity contribution in [2.75, 3.05) is 31.9 Å². The predicted octanol–water partition coefficient (Wildman–Crippen LogP) is 1.08. The van der Waals surface area contributed by atoms with Crippen LogP contribution >= 0.6 is 23.4 Å². The lowest BCUT2D eigenvalue weighted by atomic mass is 10.3. The second kappa shape index (κ2) is 9.36. The van der Waals surface area contributed by atoms with Gasteiger partial charge in [0, 0.05) is 18.7 Å². The van der Waals surface area contributed by atoms with Gasteiger partial charge in [-0.1, -0.05) is 23.4 Å². The number of nitrogens with two attached hydrogens (primary N) is 1. The Morgan fingerprint density at radius 2 is 2.12 bits per heavy atom. The molecule has 1 aromatic heterocycles. The summed E-state index contributed by atoms with van der Waals surface area (Å²) in [6.45, 7) is 1.09. The molecule has 0 unspecified atom stereocenters. The van der Waals surface area contributed by atoms with Crippen LogP contribution in [0.5, 0.6) is 5.75 Å². The number of halogens is 1. The molecule has 0 fully saturated rings. The predicted molar refractivity (Wildman–Crippen MR) is 91.6 cm³/mol. The number of hydrogen-bond acceptors (Lipinski definition) is 7. The number of carbonyl (C=O) groups excluding carboxylic acids is 1. The molecule has 0 saturated carbocycles. The van der Waals surface area contributed by atoms with E-state index in [2.05, 4.69) is 15.5 Å². The minimum atomic E-state index is -0.126. The molecule has 0 atom stereocenters. The molecule has 2 rings (SSSR count). The minimum absolute atomic E-state index is 0.126. The second-order valence-electron chi connectivity index (χ2n) is 4.64. The van der Waals surface area contributed by atoms with Crippen LogP contribution in [-0.2, 0) is 16.1 Å². The molecule has 0 aliphatic carbocycles. The molecule has 0 saturated heterocycles. The van der Waals surface area contributed by atoms with Gasteiger partial charge in [0.1, 0.15) is 12.4 Å². The molecule has 1 aromatic carbocycles. The van der Waals surface area contributed by atoms with Gasteiger partial charge in [-0.2, -0.15) is 0 Å². The molecule has 0 spiro atoms. The summed E-state index contributed by atoms with van der Waals surface area (Å²) in [4.78, 5) is 11.6. The molecule has 0 aliphatic heterocycles. The number of amides is 1. The standard InChI is InChI=1S/C14H18ClN5O3S/c1-22-7-6-17-13(21)9-24-14-19-18-12(20(14)16)8-23-11-4-2-10(15)3-5-11/h2-5H,6-9,16H2,1H3,(H,17,21). The summed E-state index contributed by atoms with van der Waals surface area (Å²) in [7, 11) is 1.57. The second-order valence-corrected chi connectivity index (χ2v) is 6.02. The molecule has 8 nitrogen and oxygen atoms in total. The lowest BCUT2D eigenvalue weighted by Crippen LogP contribution is -2.28. The number of rotatable bonds is 9. The van der Waals surface area contributed by atoms with Crippen molar-refractivity contribution >= 4 is 29.3 Å². The van der Waals surface area contributed by atoms with Crippen molar-refractivity contribution in [2.45, 2.75) is 11.8 Å². The molecule has 2 aromatic rings. The third-order valence-corrected chi connectivity index (χ3v) is 4.07. The molecule has 24 heavy (non-hydrogen) atoms. The molecule has 1 heterocycles. The van der Waals surface area contributed by atoms with Crippen LogP contribution in [0.1, 0.15) is 5.82 Å². The fourth-order valence-electron chi connectivity index (χ4n) is 1.66. The first-order valence-electron chi connectivity index (χ1n) is 7.06. The lowest BCUT2D eigenvalue weighted by Gasteiger charge is -2.06. The molecule has 0 radical (unpaired) electrons. The fraction of sp³-hybridized carbons (Fsp3) is 0.357. The largest absolute Gasteiger partial charge is 0.486 e. The van der Waals surface area contributed by atoms with Crippen molar-refractivity contribution in [3.05, 3.63) is 35.1 Å². The number of nitrogens with one attached hydrogen (secondary N) is 1. The van der Waals surface area contributed by atoms with Crippen molar-refractivity contribution in [3.8, 4) is 5.75 Å². The van der Waals surface area contributed by atoms with E-state index in [-0.39, 0.29) is 18.3 Å². The van der Waals surface area contributed by atoms with Gasteiger partial charge in [0.25, 0.3) is 0 Å². The Morgan fingerprint density at radius 1 is 1.38 bits per heavy atom. The zero-order valence-corrected chi connectivity index (χ0v) is 14.6. The number of methoxy groups -OCH3 is 1. The van der Waals surface area contributed by atoms with E-state index >= 15 is 0 Å². The highest BCUT2D eigenvalue weighted by molar-refractivity contribution is 7.99. The van der Waals surface area contributed by atoms with Gasteiger partial charge in [-0.3, -0.25) is 4.79 Å². The molecular weight excluding hydrogens is 354 g/mol. The minimum Gasteiger partial charge on any atom is -0.486 e. The van der Waals surface area contributed by atoms with Gasteiger partial charge in [-0.25, -0.2) is 4.68 Å². The molecular formula is C14H18ClN5O3S. The topological polar surface area (TPSA) is 104 Å². The van der Waals surface area contributed by atoms with Gasteiger partial charge in [-0.05, 0) is 24.3 Å². The van der Waals surface area contributed by atoms with Crippen LogP contribution in [0.2, 0.25) is 5.02 Å². The van der Waals surface area contributed by atoms with E-state index < -0.39 is 0 Å².